The van der Waals surface area contributed by atoms with Gasteiger partial charge < -0.3 is 25.4 Å². The second kappa shape index (κ2) is 10.4. The van der Waals surface area contributed by atoms with E-state index in [4.69, 9.17) is 4.74 Å². The van der Waals surface area contributed by atoms with Crippen LogP contribution in [0.3, 0.4) is 0 Å². The van der Waals surface area contributed by atoms with E-state index in [2.05, 4.69) is 10.6 Å². The molecule has 0 bridgehead atoms. The van der Waals surface area contributed by atoms with Gasteiger partial charge in [-0.3, -0.25) is 4.79 Å². The fraction of sp³-hybridized carbons (Fsp3) is 0.296. The van der Waals surface area contributed by atoms with Crippen molar-refractivity contribution in [3.63, 3.8) is 0 Å². The summed E-state index contributed by atoms with van der Waals surface area (Å²) in [5.74, 6) is -0.720. The van der Waals surface area contributed by atoms with E-state index in [9.17, 15) is 19.5 Å². The van der Waals surface area contributed by atoms with Gasteiger partial charge in [0.05, 0.1) is 12.8 Å². The topological polar surface area (TPSA) is 108 Å². The summed E-state index contributed by atoms with van der Waals surface area (Å²) in [6.45, 7) is 6.21. The van der Waals surface area contributed by atoms with Crippen molar-refractivity contribution in [3.05, 3.63) is 64.0 Å². The third-order valence-corrected chi connectivity index (χ3v) is 7.44. The van der Waals surface area contributed by atoms with Gasteiger partial charge in [-0.1, -0.05) is 17.7 Å². The first kappa shape index (κ1) is 25.2. The Morgan fingerprint density at radius 2 is 1.69 bits per heavy atom. The number of nitrogens with one attached hydrogen (secondary N) is 2. The highest BCUT2D eigenvalue weighted by molar-refractivity contribution is 7.18. The normalized spacial score (nSPS) is 15.0. The number of anilines is 2. The summed E-state index contributed by atoms with van der Waals surface area (Å²) in [6, 6.07) is 11.8. The van der Waals surface area contributed by atoms with Crippen molar-refractivity contribution in [3.8, 4) is 16.2 Å². The molecule has 1 saturated heterocycles. The number of benzene rings is 2. The van der Waals surface area contributed by atoms with Crippen LogP contribution in [0.2, 0.25) is 0 Å². The van der Waals surface area contributed by atoms with Crippen LogP contribution in [-0.4, -0.2) is 47.6 Å². The number of carbonyl (C=O) groups is 3. The first-order valence-corrected chi connectivity index (χ1v) is 12.5. The Morgan fingerprint density at radius 1 is 1.03 bits per heavy atom. The van der Waals surface area contributed by atoms with Crippen LogP contribution >= 0.6 is 11.3 Å². The number of amides is 3. The van der Waals surface area contributed by atoms with E-state index in [0.717, 1.165) is 27.1 Å². The van der Waals surface area contributed by atoms with E-state index in [-0.39, 0.29) is 0 Å². The molecule has 1 aliphatic heterocycles. The molecule has 188 valence electrons. The molecular weight excluding hydrogens is 478 g/mol. The molecule has 1 fully saturated rings. The maximum Gasteiger partial charge on any atom is 0.326 e. The van der Waals surface area contributed by atoms with Gasteiger partial charge in [0.25, 0.3) is 5.91 Å². The summed E-state index contributed by atoms with van der Waals surface area (Å²) in [5, 5.41) is 15.3. The van der Waals surface area contributed by atoms with Crippen molar-refractivity contribution in [2.75, 3.05) is 24.3 Å². The van der Waals surface area contributed by atoms with Crippen LogP contribution in [0.4, 0.5) is 16.2 Å². The first-order valence-electron chi connectivity index (χ1n) is 11.7. The van der Waals surface area contributed by atoms with E-state index in [1.54, 1.807) is 13.2 Å². The number of hydrogen-bond donors (Lipinski definition) is 3. The fourth-order valence-corrected chi connectivity index (χ4v) is 5.66. The lowest BCUT2D eigenvalue weighted by molar-refractivity contribution is -0.141. The van der Waals surface area contributed by atoms with E-state index < -0.39 is 23.9 Å². The Balaban J connectivity index is 1.67. The molecule has 4 rings (SSSR count). The molecule has 0 radical (unpaired) electrons. The number of ether oxygens (including phenoxy) is 1. The van der Waals surface area contributed by atoms with Crippen molar-refractivity contribution in [2.24, 2.45) is 0 Å². The summed E-state index contributed by atoms with van der Waals surface area (Å²) in [7, 11) is 1.59. The van der Waals surface area contributed by atoms with E-state index in [0.29, 0.717) is 41.4 Å². The molecule has 2 aromatic carbocycles. The number of likely N-dealkylation sites (tertiary alicyclic amines) is 1. The van der Waals surface area contributed by atoms with Gasteiger partial charge in [0.1, 0.15) is 16.7 Å². The molecule has 3 amide bonds. The highest BCUT2D eigenvalue weighted by Crippen LogP contribution is 2.37. The minimum Gasteiger partial charge on any atom is -0.497 e. The number of methoxy groups -OCH3 is 1. The first-order chi connectivity index (χ1) is 17.2. The van der Waals surface area contributed by atoms with Crippen molar-refractivity contribution >= 4 is 40.6 Å². The van der Waals surface area contributed by atoms with Crippen LogP contribution in [0.5, 0.6) is 5.75 Å². The van der Waals surface area contributed by atoms with Gasteiger partial charge in [-0.15, -0.1) is 11.3 Å². The average Bonchev–Trinajstić information content (AvgIpc) is 3.49. The minimum absolute atomic E-state index is 0.293. The molecular formula is C27H29N3O5S. The molecule has 3 N–H and O–H groups in total. The summed E-state index contributed by atoms with van der Waals surface area (Å²) >= 11 is 1.22. The molecule has 0 aliphatic carbocycles. The molecule has 2 heterocycles. The second-order valence-electron chi connectivity index (χ2n) is 8.93. The van der Waals surface area contributed by atoms with Crippen molar-refractivity contribution in [1.82, 2.24) is 4.90 Å². The zero-order valence-electron chi connectivity index (χ0n) is 20.7. The summed E-state index contributed by atoms with van der Waals surface area (Å²) in [5.41, 5.74) is 4.87. The maximum atomic E-state index is 13.5. The number of carboxylic acids is 1. The van der Waals surface area contributed by atoms with Crippen LogP contribution in [0.1, 0.15) is 39.2 Å². The molecule has 9 heteroatoms. The van der Waals surface area contributed by atoms with Crippen LogP contribution < -0.4 is 15.4 Å². The Bertz CT molecular complexity index is 1290. The zero-order valence-corrected chi connectivity index (χ0v) is 21.5. The number of aryl methyl sites for hydroxylation is 3. The highest BCUT2D eigenvalue weighted by Gasteiger charge is 2.36. The number of carboxylic acid groups (broad SMARTS) is 1. The number of urea groups is 1. The molecule has 1 aromatic heterocycles. The van der Waals surface area contributed by atoms with Crippen LogP contribution in [0.15, 0.2) is 42.5 Å². The number of carbonyl (C=O) groups excluding carboxylic acids is 2. The predicted octanol–water partition coefficient (Wildman–Crippen LogP) is 5.68. The van der Waals surface area contributed by atoms with Crippen LogP contribution in [-0.2, 0) is 4.79 Å². The Kier molecular flexibility index (Phi) is 7.30. The Morgan fingerprint density at radius 3 is 2.31 bits per heavy atom. The van der Waals surface area contributed by atoms with Gasteiger partial charge in [-0.05, 0) is 80.6 Å². The molecule has 36 heavy (non-hydrogen) atoms. The number of nitrogens with zero attached hydrogens (tertiary/aromatic N) is 1. The number of rotatable bonds is 6. The predicted molar refractivity (Wildman–Crippen MR) is 141 cm³/mol. The van der Waals surface area contributed by atoms with Gasteiger partial charge in [0, 0.05) is 17.1 Å². The monoisotopic (exact) mass is 507 g/mol. The van der Waals surface area contributed by atoms with Gasteiger partial charge >= 0.3 is 12.0 Å². The van der Waals surface area contributed by atoms with Gasteiger partial charge in [0.2, 0.25) is 0 Å². The maximum absolute atomic E-state index is 13.5. The van der Waals surface area contributed by atoms with Crippen molar-refractivity contribution in [1.29, 1.82) is 0 Å². The second-order valence-corrected chi connectivity index (χ2v) is 9.98. The van der Waals surface area contributed by atoms with Gasteiger partial charge in [-0.25, -0.2) is 9.59 Å². The van der Waals surface area contributed by atoms with E-state index in [1.165, 1.54) is 16.2 Å². The number of aliphatic carboxylic acids is 1. The third kappa shape index (κ3) is 5.21. The lowest BCUT2D eigenvalue weighted by Gasteiger charge is -2.21. The molecule has 0 spiro atoms. The van der Waals surface area contributed by atoms with E-state index in [1.807, 2.05) is 57.2 Å². The molecule has 3 aromatic rings. The SMILES string of the molecule is COc1ccc(-c2cc(NC(=O)Nc3c(C)cc(C)cc3C)c(C(=O)N3CCC[C@@H]3C(=O)O)s2)cc1. The minimum atomic E-state index is -1.02. The largest absolute Gasteiger partial charge is 0.497 e. The van der Waals surface area contributed by atoms with Crippen LogP contribution in [0.25, 0.3) is 10.4 Å². The lowest BCUT2D eigenvalue weighted by atomic mass is 10.1. The van der Waals surface area contributed by atoms with Crippen LogP contribution in [0, 0.1) is 20.8 Å². The van der Waals surface area contributed by atoms with E-state index >= 15 is 0 Å². The van der Waals surface area contributed by atoms with Crippen molar-refractivity contribution in [2.45, 2.75) is 39.7 Å². The van der Waals surface area contributed by atoms with Gasteiger partial charge in [-0.2, -0.15) is 0 Å². The summed E-state index contributed by atoms with van der Waals surface area (Å²) in [6.07, 6.45) is 1.03. The number of hydrogen-bond acceptors (Lipinski definition) is 5. The third-order valence-electron chi connectivity index (χ3n) is 6.26. The summed E-state index contributed by atoms with van der Waals surface area (Å²) < 4.78 is 5.23. The molecule has 1 atom stereocenters. The smallest absolute Gasteiger partial charge is 0.326 e. The van der Waals surface area contributed by atoms with Gasteiger partial charge in [0.15, 0.2) is 0 Å². The zero-order chi connectivity index (χ0) is 26.0. The Labute approximate surface area is 213 Å². The number of thiophene rings is 1. The van der Waals surface area contributed by atoms with Crippen molar-refractivity contribution < 1.29 is 24.2 Å². The Hall–Kier alpha value is -3.85. The standard InChI is InChI=1S/C27H29N3O5S/c1-15-12-16(2)23(17(3)13-15)29-27(34)28-20-14-22(18-7-9-19(35-4)10-8-18)36-24(20)25(31)30-11-5-6-21(30)26(32)33/h7-10,12-14,21H,5-6,11H2,1-4H3,(H,32,33)(H2,28,29,34)/t21-/m1/s1. The lowest BCUT2D eigenvalue weighted by Crippen LogP contribution is -2.40. The molecule has 8 nitrogen and oxygen atoms in total. The highest BCUT2D eigenvalue weighted by atomic mass is 32.1. The fourth-order valence-electron chi connectivity index (χ4n) is 4.58. The summed E-state index contributed by atoms with van der Waals surface area (Å²) in [4.78, 5) is 40.7. The average molecular weight is 508 g/mol. The molecule has 1 aliphatic rings. The quantitative estimate of drug-likeness (QED) is 0.398. The molecule has 0 saturated carbocycles. The molecule has 0 unspecified atom stereocenters.